The Hall–Kier alpha value is -3.36. The van der Waals surface area contributed by atoms with Crippen LogP contribution in [0.4, 0.5) is 0 Å². The van der Waals surface area contributed by atoms with Gasteiger partial charge < -0.3 is 10.2 Å². The molecule has 29 heavy (non-hydrogen) atoms. The second-order valence-corrected chi connectivity index (χ2v) is 7.54. The molecule has 0 radical (unpaired) electrons. The number of hydrogen-bond donors (Lipinski definition) is 1. The second-order valence-electron chi connectivity index (χ2n) is 6.56. The third-order valence-corrected chi connectivity index (χ3v) is 5.63. The average Bonchev–Trinajstić information content (AvgIpc) is 3.30. The van der Waals surface area contributed by atoms with E-state index >= 15 is 0 Å². The number of terminal acetylenes is 1. The standard InChI is InChI=1S/C24H22N2O2S/c1-3-22(27)26(18(2)20-13-8-5-9-14-20)23(21-15-10-16-29-21)24(28)25-17-19-11-6-4-7-12-19/h1,4-16,18,23H,17H2,2H3,(H,25,28). The van der Waals surface area contributed by atoms with E-state index in [1.807, 2.05) is 85.1 Å². The van der Waals surface area contributed by atoms with Gasteiger partial charge in [-0.15, -0.1) is 17.8 Å². The van der Waals surface area contributed by atoms with Crippen molar-refractivity contribution in [2.24, 2.45) is 0 Å². The van der Waals surface area contributed by atoms with Crippen molar-refractivity contribution in [3.63, 3.8) is 0 Å². The summed E-state index contributed by atoms with van der Waals surface area (Å²) in [6.45, 7) is 2.26. The van der Waals surface area contributed by atoms with Gasteiger partial charge in [-0.3, -0.25) is 9.59 Å². The smallest absolute Gasteiger partial charge is 0.299 e. The summed E-state index contributed by atoms with van der Waals surface area (Å²) in [6.07, 6.45) is 5.48. The third kappa shape index (κ3) is 4.92. The highest BCUT2D eigenvalue weighted by Gasteiger charge is 2.35. The third-order valence-electron chi connectivity index (χ3n) is 4.71. The van der Waals surface area contributed by atoms with Crippen LogP contribution in [0.1, 0.15) is 35.0 Å². The predicted molar refractivity (Wildman–Crippen MR) is 116 cm³/mol. The number of amides is 2. The normalized spacial score (nSPS) is 12.4. The fourth-order valence-electron chi connectivity index (χ4n) is 3.20. The summed E-state index contributed by atoms with van der Waals surface area (Å²) in [7, 11) is 0. The lowest BCUT2D eigenvalue weighted by molar-refractivity contribution is -0.139. The van der Waals surface area contributed by atoms with Gasteiger partial charge in [0, 0.05) is 11.4 Å². The molecule has 2 atom stereocenters. The lowest BCUT2D eigenvalue weighted by Crippen LogP contribution is -2.44. The van der Waals surface area contributed by atoms with E-state index in [1.165, 1.54) is 16.2 Å². The minimum Gasteiger partial charge on any atom is -0.350 e. The average molecular weight is 403 g/mol. The Morgan fingerprint density at radius 3 is 2.28 bits per heavy atom. The van der Waals surface area contributed by atoms with Crippen molar-refractivity contribution in [2.45, 2.75) is 25.6 Å². The zero-order valence-corrected chi connectivity index (χ0v) is 16.9. The maximum Gasteiger partial charge on any atom is 0.299 e. The monoisotopic (exact) mass is 402 g/mol. The number of nitrogens with zero attached hydrogens (tertiary/aromatic N) is 1. The molecule has 3 aromatic rings. The van der Waals surface area contributed by atoms with Crippen LogP contribution in [0.2, 0.25) is 0 Å². The molecule has 1 aromatic heterocycles. The van der Waals surface area contributed by atoms with E-state index in [4.69, 9.17) is 6.42 Å². The van der Waals surface area contributed by atoms with Crippen molar-refractivity contribution < 1.29 is 9.59 Å². The molecule has 2 aromatic carbocycles. The molecule has 0 saturated carbocycles. The SMILES string of the molecule is C#CC(=O)N(C(C)c1ccccc1)C(C(=O)NCc1ccccc1)c1cccs1. The lowest BCUT2D eigenvalue weighted by Gasteiger charge is -2.34. The van der Waals surface area contributed by atoms with Crippen molar-refractivity contribution in [3.05, 3.63) is 94.2 Å². The lowest BCUT2D eigenvalue weighted by atomic mass is 10.0. The summed E-state index contributed by atoms with van der Waals surface area (Å²) >= 11 is 1.43. The summed E-state index contributed by atoms with van der Waals surface area (Å²) in [5, 5.41) is 4.85. The number of thiophene rings is 1. The van der Waals surface area contributed by atoms with Crippen LogP contribution >= 0.6 is 11.3 Å². The first-order valence-corrected chi connectivity index (χ1v) is 10.2. The van der Waals surface area contributed by atoms with Crippen LogP contribution in [-0.2, 0) is 16.1 Å². The van der Waals surface area contributed by atoms with Crippen molar-refractivity contribution in [1.82, 2.24) is 10.2 Å². The molecule has 0 aliphatic carbocycles. The summed E-state index contributed by atoms with van der Waals surface area (Å²) < 4.78 is 0. The molecular formula is C24H22N2O2S. The summed E-state index contributed by atoms with van der Waals surface area (Å²) in [5.41, 5.74) is 1.89. The molecular weight excluding hydrogens is 380 g/mol. The number of carbonyl (C=O) groups excluding carboxylic acids is 2. The first-order valence-electron chi connectivity index (χ1n) is 9.30. The van der Waals surface area contributed by atoms with Gasteiger partial charge in [0.05, 0.1) is 6.04 Å². The molecule has 146 valence electrons. The summed E-state index contributed by atoms with van der Waals surface area (Å²) in [5.74, 6) is 1.42. The first kappa shape index (κ1) is 20.4. The fraction of sp³-hybridized carbons (Fsp3) is 0.167. The van der Waals surface area contributed by atoms with Crippen LogP contribution in [0.5, 0.6) is 0 Å². The molecule has 0 bridgehead atoms. The minimum atomic E-state index is -0.808. The minimum absolute atomic E-state index is 0.261. The van der Waals surface area contributed by atoms with E-state index in [0.717, 1.165) is 16.0 Å². The highest BCUT2D eigenvalue weighted by Crippen LogP contribution is 2.33. The van der Waals surface area contributed by atoms with Gasteiger partial charge in [0.1, 0.15) is 6.04 Å². The summed E-state index contributed by atoms with van der Waals surface area (Å²) in [6, 6.07) is 21.8. The molecule has 0 spiro atoms. The van der Waals surface area contributed by atoms with Crippen molar-refractivity contribution in [1.29, 1.82) is 0 Å². The van der Waals surface area contributed by atoms with E-state index in [0.29, 0.717) is 6.54 Å². The molecule has 5 heteroatoms. The van der Waals surface area contributed by atoms with Gasteiger partial charge in [-0.05, 0) is 35.4 Å². The Bertz CT molecular complexity index is 979. The Kier molecular flexibility index (Phi) is 6.83. The molecule has 3 rings (SSSR count). The number of benzene rings is 2. The number of rotatable bonds is 7. The second kappa shape index (κ2) is 9.72. The highest BCUT2D eigenvalue weighted by atomic mass is 32.1. The Balaban J connectivity index is 1.93. The van der Waals surface area contributed by atoms with Crippen LogP contribution in [0, 0.1) is 12.3 Å². The van der Waals surface area contributed by atoms with Gasteiger partial charge in [0.25, 0.3) is 5.91 Å². The highest BCUT2D eigenvalue weighted by molar-refractivity contribution is 7.10. The van der Waals surface area contributed by atoms with Crippen molar-refractivity contribution >= 4 is 23.2 Å². The number of hydrogen-bond acceptors (Lipinski definition) is 3. The van der Waals surface area contributed by atoms with Crippen molar-refractivity contribution in [3.8, 4) is 12.3 Å². The fourth-order valence-corrected chi connectivity index (χ4v) is 4.03. The maximum atomic E-state index is 13.2. The van der Waals surface area contributed by atoms with Gasteiger partial charge in [0.2, 0.25) is 5.91 Å². The Morgan fingerprint density at radius 2 is 1.69 bits per heavy atom. The van der Waals surface area contributed by atoms with E-state index in [9.17, 15) is 9.59 Å². The molecule has 0 saturated heterocycles. The molecule has 2 amide bonds. The van der Waals surface area contributed by atoms with E-state index in [1.54, 1.807) is 0 Å². The van der Waals surface area contributed by atoms with Gasteiger partial charge >= 0.3 is 0 Å². The number of nitrogens with one attached hydrogen (secondary N) is 1. The van der Waals surface area contributed by atoms with Crippen LogP contribution in [0.15, 0.2) is 78.2 Å². The van der Waals surface area contributed by atoms with Crippen LogP contribution in [0.25, 0.3) is 0 Å². The predicted octanol–water partition coefficient (Wildman–Crippen LogP) is 4.33. The molecule has 0 fully saturated rings. The number of carbonyl (C=O) groups is 2. The Labute approximate surface area is 175 Å². The van der Waals surface area contributed by atoms with E-state index in [-0.39, 0.29) is 11.9 Å². The quantitative estimate of drug-likeness (QED) is 0.598. The molecule has 1 N–H and O–H groups in total. The molecule has 1 heterocycles. The Morgan fingerprint density at radius 1 is 1.03 bits per heavy atom. The van der Waals surface area contributed by atoms with Crippen LogP contribution in [0.3, 0.4) is 0 Å². The summed E-state index contributed by atoms with van der Waals surface area (Å²) in [4.78, 5) is 28.3. The zero-order valence-electron chi connectivity index (χ0n) is 16.1. The maximum absolute atomic E-state index is 13.2. The van der Waals surface area contributed by atoms with Crippen LogP contribution < -0.4 is 5.32 Å². The first-order chi connectivity index (χ1) is 14.1. The zero-order chi connectivity index (χ0) is 20.6. The van der Waals surface area contributed by atoms with Gasteiger partial charge in [-0.25, -0.2) is 0 Å². The molecule has 2 unspecified atom stereocenters. The van der Waals surface area contributed by atoms with Gasteiger partial charge in [-0.1, -0.05) is 66.7 Å². The largest absolute Gasteiger partial charge is 0.350 e. The topological polar surface area (TPSA) is 49.4 Å². The molecule has 0 aliphatic rings. The van der Waals surface area contributed by atoms with Gasteiger partial charge in [0.15, 0.2) is 0 Å². The van der Waals surface area contributed by atoms with E-state index < -0.39 is 11.9 Å². The van der Waals surface area contributed by atoms with Crippen molar-refractivity contribution in [2.75, 3.05) is 0 Å². The molecule has 0 aliphatic heterocycles. The van der Waals surface area contributed by atoms with Crippen LogP contribution in [-0.4, -0.2) is 16.7 Å². The molecule has 4 nitrogen and oxygen atoms in total. The van der Waals surface area contributed by atoms with E-state index in [2.05, 4.69) is 11.2 Å². The van der Waals surface area contributed by atoms with Gasteiger partial charge in [-0.2, -0.15) is 0 Å².